The lowest BCUT2D eigenvalue weighted by molar-refractivity contribution is 0.0976. The molecule has 0 aliphatic heterocycles. The van der Waals surface area contributed by atoms with E-state index in [0.717, 1.165) is 17.7 Å². The van der Waals surface area contributed by atoms with Crippen LogP contribution in [0.3, 0.4) is 0 Å². The largest absolute Gasteiger partial charge is 0.325 e. The van der Waals surface area contributed by atoms with Gasteiger partial charge in [0.1, 0.15) is 11.6 Å². The number of halogens is 4. The Morgan fingerprint density at radius 3 is 2.48 bits per heavy atom. The van der Waals surface area contributed by atoms with Gasteiger partial charge in [-0.2, -0.15) is 10.1 Å². The molecule has 166 valence electrons. The van der Waals surface area contributed by atoms with E-state index in [2.05, 4.69) is 25.8 Å². The number of benzene rings is 3. The Balaban J connectivity index is 1.65. The number of carbonyl (C=O) groups excluding carboxylic acids is 1. The molecule has 0 bridgehead atoms. The Bertz CT molecular complexity index is 1320. The lowest BCUT2D eigenvalue weighted by Crippen LogP contribution is -2.36. The van der Waals surface area contributed by atoms with E-state index in [4.69, 9.17) is 23.2 Å². The molecule has 10 heteroatoms. The van der Waals surface area contributed by atoms with Crippen molar-refractivity contribution in [2.75, 3.05) is 5.32 Å². The van der Waals surface area contributed by atoms with Gasteiger partial charge in [0.15, 0.2) is 5.82 Å². The van der Waals surface area contributed by atoms with Gasteiger partial charge in [-0.3, -0.25) is 15.2 Å². The Morgan fingerprint density at radius 1 is 0.970 bits per heavy atom. The number of amides is 1. The summed E-state index contributed by atoms with van der Waals surface area (Å²) in [7, 11) is 0. The van der Waals surface area contributed by atoms with E-state index < -0.39 is 17.5 Å². The van der Waals surface area contributed by atoms with Crippen LogP contribution in [0, 0.1) is 11.6 Å². The average Bonchev–Trinajstić information content (AvgIpc) is 3.24. The molecule has 4 rings (SSSR count). The zero-order valence-corrected chi connectivity index (χ0v) is 18.3. The maximum Gasteiger partial charge on any atom is 0.258 e. The summed E-state index contributed by atoms with van der Waals surface area (Å²) < 4.78 is 27.6. The fourth-order valence-corrected chi connectivity index (χ4v) is 3.25. The fourth-order valence-electron chi connectivity index (χ4n) is 2.92. The van der Waals surface area contributed by atoms with Crippen molar-refractivity contribution in [2.45, 2.75) is 0 Å². The van der Waals surface area contributed by atoms with Crippen LogP contribution in [0.1, 0.15) is 10.4 Å². The normalized spacial score (nSPS) is 11.3. The van der Waals surface area contributed by atoms with Gasteiger partial charge in [0, 0.05) is 22.3 Å². The molecule has 0 saturated carbocycles. The van der Waals surface area contributed by atoms with Gasteiger partial charge in [0.05, 0.1) is 10.7 Å². The summed E-state index contributed by atoms with van der Waals surface area (Å²) in [6, 6.07) is 18.5. The van der Waals surface area contributed by atoms with Gasteiger partial charge in [-0.05, 0) is 42.0 Å². The molecule has 33 heavy (non-hydrogen) atoms. The highest BCUT2D eigenvalue weighted by Crippen LogP contribution is 2.22. The molecular weight excluding hydrogens is 471 g/mol. The second-order valence-corrected chi connectivity index (χ2v) is 7.68. The smallest absolute Gasteiger partial charge is 0.258 e. The summed E-state index contributed by atoms with van der Waals surface area (Å²) in [4.78, 5) is 17.0. The van der Waals surface area contributed by atoms with Gasteiger partial charge in [-0.15, -0.1) is 0 Å². The number of hydrogen-bond donors (Lipinski definition) is 3. The molecule has 0 aliphatic carbocycles. The summed E-state index contributed by atoms with van der Waals surface area (Å²) in [5, 5.41) is 12.4. The van der Waals surface area contributed by atoms with Crippen LogP contribution < -0.4 is 10.6 Å². The number of anilines is 1. The van der Waals surface area contributed by atoms with Crippen molar-refractivity contribution in [2.24, 2.45) is 4.99 Å². The first-order valence-electron chi connectivity index (χ1n) is 9.56. The molecule has 6 nitrogen and oxygen atoms in total. The van der Waals surface area contributed by atoms with Crippen molar-refractivity contribution >= 4 is 46.6 Å². The summed E-state index contributed by atoms with van der Waals surface area (Å²) in [6.45, 7) is 0. The number of hydrogen-bond acceptors (Lipinski definition) is 3. The quantitative estimate of drug-likeness (QED) is 0.238. The molecule has 1 aromatic heterocycles. The van der Waals surface area contributed by atoms with E-state index in [1.54, 1.807) is 6.07 Å². The van der Waals surface area contributed by atoms with Gasteiger partial charge in [-0.25, -0.2) is 8.78 Å². The van der Waals surface area contributed by atoms with Crippen molar-refractivity contribution in [3.63, 3.8) is 0 Å². The topological polar surface area (TPSA) is 82.2 Å². The van der Waals surface area contributed by atoms with Crippen LogP contribution >= 0.6 is 23.2 Å². The van der Waals surface area contributed by atoms with Crippen LogP contribution in [0.5, 0.6) is 0 Å². The monoisotopic (exact) mass is 485 g/mol. The van der Waals surface area contributed by atoms with E-state index in [0.29, 0.717) is 5.69 Å². The van der Waals surface area contributed by atoms with Gasteiger partial charge in [-0.1, -0.05) is 53.5 Å². The van der Waals surface area contributed by atoms with Crippen LogP contribution in [-0.4, -0.2) is 22.1 Å². The minimum Gasteiger partial charge on any atom is -0.325 e. The highest BCUT2D eigenvalue weighted by molar-refractivity contribution is 6.31. The van der Waals surface area contributed by atoms with Crippen molar-refractivity contribution in [3.8, 4) is 11.3 Å². The molecule has 1 amide bonds. The lowest BCUT2D eigenvalue weighted by Gasteiger charge is -2.12. The number of nitrogens with one attached hydrogen (secondary N) is 3. The molecule has 0 saturated heterocycles. The zero-order valence-electron chi connectivity index (χ0n) is 16.7. The first-order chi connectivity index (χ1) is 15.9. The Kier molecular flexibility index (Phi) is 6.67. The molecule has 0 fully saturated rings. The molecule has 1 heterocycles. The minimum absolute atomic E-state index is 0.00989. The highest BCUT2D eigenvalue weighted by atomic mass is 35.5. The lowest BCUT2D eigenvalue weighted by atomic mass is 10.2. The van der Waals surface area contributed by atoms with Gasteiger partial charge >= 0.3 is 0 Å². The third kappa shape index (κ3) is 5.74. The number of guanidine groups is 1. The van der Waals surface area contributed by atoms with E-state index in [1.807, 2.05) is 30.3 Å². The van der Waals surface area contributed by atoms with E-state index in [9.17, 15) is 13.6 Å². The third-order valence-electron chi connectivity index (χ3n) is 4.41. The maximum atomic E-state index is 13.8. The number of carbonyl (C=O) groups is 1. The van der Waals surface area contributed by atoms with Crippen molar-refractivity contribution in [3.05, 3.63) is 100 Å². The summed E-state index contributed by atoms with van der Waals surface area (Å²) in [5.74, 6) is -1.84. The minimum atomic E-state index is -0.743. The van der Waals surface area contributed by atoms with Crippen molar-refractivity contribution in [1.29, 1.82) is 0 Å². The molecule has 3 N–H and O–H groups in total. The first-order valence-corrected chi connectivity index (χ1v) is 10.3. The van der Waals surface area contributed by atoms with Crippen molar-refractivity contribution in [1.82, 2.24) is 15.5 Å². The zero-order chi connectivity index (χ0) is 23.4. The Morgan fingerprint density at radius 2 is 1.76 bits per heavy atom. The fraction of sp³-hybridized carbons (Fsp3) is 0. The van der Waals surface area contributed by atoms with Gasteiger partial charge in [0.25, 0.3) is 5.91 Å². The summed E-state index contributed by atoms with van der Waals surface area (Å²) >= 11 is 11.6. The van der Waals surface area contributed by atoms with Crippen LogP contribution in [-0.2, 0) is 0 Å². The Hall–Kier alpha value is -3.75. The molecule has 0 spiro atoms. The van der Waals surface area contributed by atoms with E-state index >= 15 is 0 Å². The van der Waals surface area contributed by atoms with Crippen LogP contribution in [0.4, 0.5) is 20.3 Å². The molecule has 0 unspecified atom stereocenters. The maximum absolute atomic E-state index is 13.8. The first kappa shape index (κ1) is 22.4. The van der Waals surface area contributed by atoms with Crippen LogP contribution in [0.25, 0.3) is 11.3 Å². The van der Waals surface area contributed by atoms with E-state index in [-0.39, 0.29) is 33.1 Å². The van der Waals surface area contributed by atoms with Crippen LogP contribution in [0.2, 0.25) is 10.0 Å². The average molecular weight is 486 g/mol. The van der Waals surface area contributed by atoms with Gasteiger partial charge in [0.2, 0.25) is 5.96 Å². The molecule has 4 aromatic rings. The number of aliphatic imine (C=N–C) groups is 1. The predicted molar refractivity (Wildman–Crippen MR) is 125 cm³/mol. The SMILES string of the molecule is O=C(NC(=Nc1cc(-c2ccccc2)[nH]n1)Nc1cc(F)cc(Cl)c1)c1ccc(Cl)c(F)c1. The van der Waals surface area contributed by atoms with E-state index in [1.165, 1.54) is 24.3 Å². The standard InChI is InChI=1S/C23H15Cl2F2N5O/c24-15-9-16(26)11-17(10-15)28-23(30-22(33)14-6-7-18(25)19(27)8-14)29-21-12-20(31-32-21)13-4-2-1-3-5-13/h1-12H,(H3,28,29,30,31,32,33). The highest BCUT2D eigenvalue weighted by Gasteiger charge is 2.14. The molecular formula is C23H15Cl2F2N5O. The number of aromatic amines is 1. The second-order valence-electron chi connectivity index (χ2n) is 6.83. The predicted octanol–water partition coefficient (Wildman–Crippen LogP) is 6.19. The summed E-state index contributed by atoms with van der Waals surface area (Å²) in [5.41, 5.74) is 1.84. The van der Waals surface area contributed by atoms with Crippen LogP contribution in [0.15, 0.2) is 77.8 Å². The van der Waals surface area contributed by atoms with Gasteiger partial charge < -0.3 is 5.32 Å². The number of H-pyrrole nitrogens is 1. The van der Waals surface area contributed by atoms with Crippen molar-refractivity contribution < 1.29 is 13.6 Å². The number of aromatic nitrogens is 2. The molecule has 0 atom stereocenters. The Labute approximate surface area is 197 Å². The molecule has 0 aliphatic rings. The second kappa shape index (κ2) is 9.81. The molecule has 3 aromatic carbocycles. The number of rotatable bonds is 4. The summed E-state index contributed by atoms with van der Waals surface area (Å²) in [6.07, 6.45) is 0. The molecule has 0 radical (unpaired) electrons. The number of nitrogens with zero attached hydrogens (tertiary/aromatic N) is 2. The third-order valence-corrected chi connectivity index (χ3v) is 4.94.